The van der Waals surface area contributed by atoms with Crippen LogP contribution in [0.2, 0.25) is 0 Å². The van der Waals surface area contributed by atoms with E-state index < -0.39 is 10.1 Å². The number of amidine groups is 2. The zero-order valence-corrected chi connectivity index (χ0v) is 17.2. The highest BCUT2D eigenvalue weighted by molar-refractivity contribution is 7.85. The Labute approximate surface area is 175 Å². The molecule has 4 rings (SSSR count). The molecule has 0 aromatic heterocycles. The molecule has 0 saturated carbocycles. The summed E-state index contributed by atoms with van der Waals surface area (Å²) in [6, 6.07) is 15.2. The molecule has 4 N–H and O–H groups in total. The molecule has 2 aromatic rings. The molecule has 30 heavy (non-hydrogen) atoms. The van der Waals surface area contributed by atoms with Gasteiger partial charge in [-0.3, -0.25) is 19.3 Å². The van der Waals surface area contributed by atoms with Crippen molar-refractivity contribution in [2.45, 2.75) is 0 Å². The Kier molecular flexibility index (Phi) is 6.80. The predicted octanol–water partition coefficient (Wildman–Crippen LogP) is 1.14. The molecule has 9 nitrogen and oxygen atoms in total. The average molecular weight is 430 g/mol. The predicted molar refractivity (Wildman–Crippen MR) is 117 cm³/mol. The Morgan fingerprint density at radius 1 is 0.900 bits per heavy atom. The maximum absolute atomic E-state index is 12.4. The molecule has 0 aliphatic carbocycles. The van der Waals surface area contributed by atoms with Gasteiger partial charge in [-0.15, -0.1) is 0 Å². The van der Waals surface area contributed by atoms with Gasteiger partial charge in [-0.1, -0.05) is 12.1 Å². The zero-order valence-electron chi connectivity index (χ0n) is 16.4. The Hall–Kier alpha value is -3.24. The molecule has 2 heterocycles. The summed E-state index contributed by atoms with van der Waals surface area (Å²) < 4.78 is 25.9. The molecule has 0 bridgehead atoms. The van der Waals surface area contributed by atoms with Gasteiger partial charge < -0.3 is 16.0 Å². The lowest BCUT2D eigenvalue weighted by Crippen LogP contribution is -2.20. The largest absolute Gasteiger partial charge is 0.368 e. The van der Waals surface area contributed by atoms with Crippen LogP contribution in [0.25, 0.3) is 0 Å². The first-order valence-electron chi connectivity index (χ1n) is 9.31. The summed E-state index contributed by atoms with van der Waals surface area (Å²) in [4.78, 5) is 21.2. The van der Waals surface area contributed by atoms with Crippen molar-refractivity contribution in [2.24, 2.45) is 9.98 Å². The third-order valence-electron chi connectivity index (χ3n) is 4.19. The third-order valence-corrected chi connectivity index (χ3v) is 4.19. The highest BCUT2D eigenvalue weighted by Crippen LogP contribution is 2.13. The van der Waals surface area contributed by atoms with Gasteiger partial charge in [0.05, 0.1) is 19.3 Å². The molecule has 0 atom stereocenters. The van der Waals surface area contributed by atoms with Crippen molar-refractivity contribution in [3.05, 3.63) is 65.2 Å². The first-order chi connectivity index (χ1) is 14.3. The molecule has 10 heteroatoms. The van der Waals surface area contributed by atoms with Crippen LogP contribution in [0.3, 0.4) is 0 Å². The summed E-state index contributed by atoms with van der Waals surface area (Å²) in [5.74, 6) is 1.68. The van der Waals surface area contributed by atoms with Crippen LogP contribution in [-0.2, 0) is 10.1 Å². The average Bonchev–Trinajstić information content (AvgIpc) is 3.42. The van der Waals surface area contributed by atoms with Crippen molar-refractivity contribution in [1.82, 2.24) is 10.6 Å². The molecule has 0 fully saturated rings. The lowest BCUT2D eigenvalue weighted by Gasteiger charge is -2.08. The number of hydrogen-bond donors (Lipinski definition) is 4. The second-order valence-corrected chi connectivity index (χ2v) is 8.12. The number of hydrogen-bond acceptors (Lipinski definition) is 7. The summed E-state index contributed by atoms with van der Waals surface area (Å²) in [5.41, 5.74) is 3.42. The fraction of sp³-hybridized carbons (Fsp3) is 0.250. The van der Waals surface area contributed by atoms with Gasteiger partial charge in [-0.05, 0) is 36.4 Å². The monoisotopic (exact) mass is 429 g/mol. The molecule has 2 aliphatic rings. The van der Waals surface area contributed by atoms with Gasteiger partial charge in [-0.2, -0.15) is 8.42 Å². The van der Waals surface area contributed by atoms with E-state index in [1.165, 1.54) is 0 Å². The SMILES string of the molecule is CS(=O)(=O)O.O=C(Nc1ccc(C2=NCCN2)cc1)c1ccc(C2=NCCN2)cc1. The minimum Gasteiger partial charge on any atom is -0.368 e. The Bertz CT molecular complexity index is 1050. The van der Waals surface area contributed by atoms with E-state index in [0.29, 0.717) is 11.8 Å². The Balaban J connectivity index is 0.000000461. The van der Waals surface area contributed by atoms with Gasteiger partial charge in [0.1, 0.15) is 11.7 Å². The van der Waals surface area contributed by atoms with Crippen molar-refractivity contribution in [2.75, 3.05) is 37.8 Å². The topological polar surface area (TPSA) is 132 Å². The van der Waals surface area contributed by atoms with E-state index in [1.807, 2.05) is 48.5 Å². The summed E-state index contributed by atoms with van der Waals surface area (Å²) in [6.45, 7) is 3.36. The highest BCUT2D eigenvalue weighted by Gasteiger charge is 2.11. The summed E-state index contributed by atoms with van der Waals surface area (Å²) in [5, 5.41) is 9.38. The first-order valence-corrected chi connectivity index (χ1v) is 11.2. The molecule has 0 saturated heterocycles. The van der Waals surface area contributed by atoms with Gasteiger partial charge in [0.2, 0.25) is 0 Å². The molecule has 2 aliphatic heterocycles. The molecular weight excluding hydrogens is 406 g/mol. The van der Waals surface area contributed by atoms with Crippen LogP contribution >= 0.6 is 0 Å². The van der Waals surface area contributed by atoms with Crippen molar-refractivity contribution < 1.29 is 17.8 Å². The molecule has 0 radical (unpaired) electrons. The normalized spacial score (nSPS) is 15.1. The van der Waals surface area contributed by atoms with Crippen molar-refractivity contribution >= 4 is 33.4 Å². The molecule has 0 unspecified atom stereocenters. The summed E-state index contributed by atoms with van der Waals surface area (Å²) in [6.07, 6.45) is 0.715. The van der Waals surface area contributed by atoms with Crippen LogP contribution in [-0.4, -0.2) is 63.0 Å². The van der Waals surface area contributed by atoms with Crippen molar-refractivity contribution in [1.29, 1.82) is 0 Å². The maximum atomic E-state index is 12.4. The lowest BCUT2D eigenvalue weighted by atomic mass is 10.1. The fourth-order valence-corrected chi connectivity index (χ4v) is 2.88. The summed E-state index contributed by atoms with van der Waals surface area (Å²) in [7, 11) is -3.67. The minimum absolute atomic E-state index is 0.128. The number of nitrogens with zero attached hydrogens (tertiary/aromatic N) is 2. The Morgan fingerprint density at radius 2 is 1.33 bits per heavy atom. The van der Waals surface area contributed by atoms with Gasteiger partial charge in [0.15, 0.2) is 0 Å². The molecule has 1 amide bonds. The number of amides is 1. The summed E-state index contributed by atoms with van der Waals surface area (Å²) >= 11 is 0. The molecular formula is C20H23N5O4S. The molecule has 0 spiro atoms. The first kappa shape index (κ1) is 21.5. The van der Waals surface area contributed by atoms with Crippen LogP contribution in [0, 0.1) is 0 Å². The van der Waals surface area contributed by atoms with Crippen LogP contribution in [0.15, 0.2) is 58.5 Å². The molecule has 2 aromatic carbocycles. The second kappa shape index (κ2) is 9.51. The van der Waals surface area contributed by atoms with E-state index in [9.17, 15) is 13.2 Å². The van der Waals surface area contributed by atoms with Gasteiger partial charge in [0, 0.05) is 35.5 Å². The fourth-order valence-electron chi connectivity index (χ4n) is 2.88. The quantitative estimate of drug-likeness (QED) is 0.539. The van der Waals surface area contributed by atoms with E-state index in [4.69, 9.17) is 4.55 Å². The maximum Gasteiger partial charge on any atom is 0.261 e. The van der Waals surface area contributed by atoms with Gasteiger partial charge in [0.25, 0.3) is 16.0 Å². The van der Waals surface area contributed by atoms with Crippen molar-refractivity contribution in [3.8, 4) is 0 Å². The number of benzene rings is 2. The van der Waals surface area contributed by atoms with Crippen LogP contribution in [0.1, 0.15) is 21.5 Å². The van der Waals surface area contributed by atoms with Crippen LogP contribution in [0.5, 0.6) is 0 Å². The Morgan fingerprint density at radius 3 is 1.73 bits per heavy atom. The number of aliphatic imine (C=N–C) groups is 2. The number of carbonyl (C=O) groups excluding carboxylic acids is 1. The number of carbonyl (C=O) groups is 1. The number of anilines is 1. The van der Waals surface area contributed by atoms with Crippen LogP contribution in [0.4, 0.5) is 5.69 Å². The standard InChI is InChI=1S/C19H19N5O.CH4O3S/c25-19(15-3-1-13(2-4-15)17-20-9-10-21-17)24-16-7-5-14(6-8-16)18-22-11-12-23-18;1-5(2,3)4/h1-8H,9-12H2,(H,20,21)(H,22,23)(H,24,25);1H3,(H,2,3,4). The van der Waals surface area contributed by atoms with E-state index >= 15 is 0 Å². The number of rotatable bonds is 4. The minimum atomic E-state index is -3.67. The van der Waals surface area contributed by atoms with E-state index in [0.717, 1.165) is 54.7 Å². The van der Waals surface area contributed by atoms with E-state index in [2.05, 4.69) is 25.9 Å². The van der Waals surface area contributed by atoms with Crippen LogP contribution < -0.4 is 16.0 Å². The van der Waals surface area contributed by atoms with Gasteiger partial charge in [-0.25, -0.2) is 0 Å². The third kappa shape index (κ3) is 6.39. The van der Waals surface area contributed by atoms with Crippen molar-refractivity contribution in [3.63, 3.8) is 0 Å². The second-order valence-electron chi connectivity index (χ2n) is 6.66. The zero-order chi connectivity index (χ0) is 21.6. The number of nitrogens with one attached hydrogen (secondary N) is 3. The van der Waals surface area contributed by atoms with E-state index in [-0.39, 0.29) is 5.91 Å². The van der Waals surface area contributed by atoms with E-state index in [1.54, 1.807) is 0 Å². The highest BCUT2D eigenvalue weighted by atomic mass is 32.2. The lowest BCUT2D eigenvalue weighted by molar-refractivity contribution is 0.102. The smallest absolute Gasteiger partial charge is 0.261 e. The van der Waals surface area contributed by atoms with Gasteiger partial charge >= 0.3 is 0 Å². The molecule has 158 valence electrons.